The van der Waals surface area contributed by atoms with E-state index in [-0.39, 0.29) is 11.1 Å². The molecule has 0 bridgehead atoms. The largest absolute Gasteiger partial charge is 0.398 e. The summed E-state index contributed by atoms with van der Waals surface area (Å²) in [4.78, 5) is -0.394. The standard InChI is InChI=1S/C13H19FN2O2S/c1-13(2)6-8-16(9-7-13)19(17,18)12-10(14)4-3-5-11(12)15/h3-5H,6-9,15H2,1-2H3. The fraction of sp³-hybridized carbons (Fsp3) is 0.538. The molecule has 19 heavy (non-hydrogen) atoms. The molecule has 0 atom stereocenters. The van der Waals surface area contributed by atoms with Crippen LogP contribution < -0.4 is 5.73 Å². The highest BCUT2D eigenvalue weighted by Crippen LogP contribution is 2.34. The number of benzene rings is 1. The van der Waals surface area contributed by atoms with Crippen LogP contribution in [0.25, 0.3) is 0 Å². The predicted molar refractivity (Wildman–Crippen MR) is 72.6 cm³/mol. The van der Waals surface area contributed by atoms with Crippen LogP contribution in [0, 0.1) is 11.2 Å². The molecule has 0 unspecified atom stereocenters. The summed E-state index contributed by atoms with van der Waals surface area (Å²) in [6.07, 6.45) is 1.53. The Morgan fingerprint density at radius 2 is 1.84 bits per heavy atom. The lowest BCUT2D eigenvalue weighted by Gasteiger charge is -2.36. The average molecular weight is 286 g/mol. The molecule has 0 saturated carbocycles. The number of hydrogen-bond donors (Lipinski definition) is 1. The molecule has 0 aliphatic carbocycles. The zero-order valence-corrected chi connectivity index (χ0v) is 12.0. The molecule has 1 saturated heterocycles. The minimum Gasteiger partial charge on any atom is -0.398 e. The first-order chi connectivity index (χ1) is 8.74. The van der Waals surface area contributed by atoms with Crippen molar-refractivity contribution in [3.63, 3.8) is 0 Å². The molecule has 1 aliphatic rings. The van der Waals surface area contributed by atoms with Crippen molar-refractivity contribution >= 4 is 15.7 Å². The van der Waals surface area contributed by atoms with Crippen molar-refractivity contribution in [3.05, 3.63) is 24.0 Å². The van der Waals surface area contributed by atoms with Gasteiger partial charge < -0.3 is 5.73 Å². The van der Waals surface area contributed by atoms with E-state index < -0.39 is 20.7 Å². The number of nitrogens with zero attached hydrogens (tertiary/aromatic N) is 1. The predicted octanol–water partition coefficient (Wildman–Crippen LogP) is 2.22. The van der Waals surface area contributed by atoms with Crippen LogP contribution in [0.2, 0.25) is 0 Å². The van der Waals surface area contributed by atoms with Gasteiger partial charge in [0.1, 0.15) is 10.7 Å². The average Bonchev–Trinajstić information content (AvgIpc) is 2.27. The second kappa shape index (κ2) is 4.76. The van der Waals surface area contributed by atoms with Crippen LogP contribution in [0.3, 0.4) is 0 Å². The van der Waals surface area contributed by atoms with Crippen LogP contribution in [0.5, 0.6) is 0 Å². The Kier molecular flexibility index (Phi) is 3.57. The highest BCUT2D eigenvalue weighted by Gasteiger charge is 2.35. The molecule has 0 radical (unpaired) electrons. The Bertz CT molecular complexity index is 554. The van der Waals surface area contributed by atoms with Gasteiger partial charge in [0.05, 0.1) is 5.69 Å². The summed E-state index contributed by atoms with van der Waals surface area (Å²) in [6.45, 7) is 5.02. The highest BCUT2D eigenvalue weighted by molar-refractivity contribution is 7.89. The minimum absolute atomic E-state index is 0.0372. The lowest BCUT2D eigenvalue weighted by atomic mass is 9.83. The van der Waals surface area contributed by atoms with Crippen molar-refractivity contribution < 1.29 is 12.8 Å². The zero-order valence-electron chi connectivity index (χ0n) is 11.2. The molecule has 1 aromatic rings. The third-order valence-electron chi connectivity index (χ3n) is 3.67. The fourth-order valence-corrected chi connectivity index (χ4v) is 3.86. The molecule has 0 amide bonds. The molecule has 0 spiro atoms. The summed E-state index contributed by atoms with van der Waals surface area (Å²) in [6, 6.07) is 3.93. The topological polar surface area (TPSA) is 63.4 Å². The van der Waals surface area contributed by atoms with E-state index in [0.29, 0.717) is 13.1 Å². The number of rotatable bonds is 2. The van der Waals surface area contributed by atoms with E-state index in [4.69, 9.17) is 5.73 Å². The number of anilines is 1. The van der Waals surface area contributed by atoms with E-state index in [1.165, 1.54) is 16.4 Å². The molecule has 1 aliphatic heterocycles. The molecule has 1 aromatic carbocycles. The van der Waals surface area contributed by atoms with Crippen molar-refractivity contribution in [2.24, 2.45) is 5.41 Å². The van der Waals surface area contributed by atoms with Gasteiger partial charge in [0.25, 0.3) is 0 Å². The number of piperidine rings is 1. The number of nitrogens with two attached hydrogens (primary N) is 1. The number of hydrogen-bond acceptors (Lipinski definition) is 3. The Hall–Kier alpha value is -1.14. The molecular weight excluding hydrogens is 267 g/mol. The van der Waals surface area contributed by atoms with Crippen molar-refractivity contribution in [2.45, 2.75) is 31.6 Å². The molecule has 1 fully saturated rings. The summed E-state index contributed by atoms with van der Waals surface area (Å²) in [5.41, 5.74) is 5.72. The molecule has 106 valence electrons. The second-order valence-corrected chi connectivity index (χ2v) is 7.60. The maximum absolute atomic E-state index is 13.8. The first kappa shape index (κ1) is 14.3. The Labute approximate surface area is 113 Å². The summed E-state index contributed by atoms with van der Waals surface area (Å²) >= 11 is 0. The van der Waals surface area contributed by atoms with E-state index in [2.05, 4.69) is 13.8 Å². The van der Waals surface area contributed by atoms with E-state index in [9.17, 15) is 12.8 Å². The highest BCUT2D eigenvalue weighted by atomic mass is 32.2. The maximum Gasteiger partial charge on any atom is 0.248 e. The molecule has 2 rings (SSSR count). The summed E-state index contributed by atoms with van der Waals surface area (Å²) in [5.74, 6) is -0.787. The first-order valence-corrected chi connectivity index (χ1v) is 7.72. The normalized spacial score (nSPS) is 20.4. The lowest BCUT2D eigenvalue weighted by molar-refractivity contribution is 0.195. The van der Waals surface area contributed by atoms with Crippen LogP contribution in [0.1, 0.15) is 26.7 Å². The van der Waals surface area contributed by atoms with Crippen LogP contribution in [-0.4, -0.2) is 25.8 Å². The van der Waals surface area contributed by atoms with E-state index in [1.807, 2.05) is 0 Å². The fourth-order valence-electron chi connectivity index (χ4n) is 2.26. The summed E-state index contributed by atoms with van der Waals surface area (Å²) < 4.78 is 40.0. The van der Waals surface area contributed by atoms with Gasteiger partial charge in [-0.25, -0.2) is 12.8 Å². The van der Waals surface area contributed by atoms with Gasteiger partial charge in [0.2, 0.25) is 10.0 Å². The van der Waals surface area contributed by atoms with Gasteiger partial charge in [0.15, 0.2) is 0 Å². The van der Waals surface area contributed by atoms with E-state index >= 15 is 0 Å². The maximum atomic E-state index is 13.8. The SMILES string of the molecule is CC1(C)CCN(S(=O)(=O)c2c(N)cccc2F)CC1. The van der Waals surface area contributed by atoms with Crippen molar-refractivity contribution in [2.75, 3.05) is 18.8 Å². The van der Waals surface area contributed by atoms with Gasteiger partial charge >= 0.3 is 0 Å². The van der Waals surface area contributed by atoms with Crippen LogP contribution in [0.4, 0.5) is 10.1 Å². The Morgan fingerprint density at radius 1 is 1.26 bits per heavy atom. The second-order valence-electron chi connectivity index (χ2n) is 5.73. The Balaban J connectivity index is 2.34. The van der Waals surface area contributed by atoms with Crippen LogP contribution >= 0.6 is 0 Å². The van der Waals surface area contributed by atoms with Gasteiger partial charge in [-0.15, -0.1) is 0 Å². The molecule has 4 nitrogen and oxygen atoms in total. The van der Waals surface area contributed by atoms with Gasteiger partial charge in [-0.2, -0.15) is 4.31 Å². The van der Waals surface area contributed by atoms with Crippen molar-refractivity contribution in [1.29, 1.82) is 0 Å². The van der Waals surface area contributed by atoms with Gasteiger partial charge in [-0.3, -0.25) is 0 Å². The molecule has 6 heteroatoms. The van der Waals surface area contributed by atoms with Gasteiger partial charge in [-0.1, -0.05) is 19.9 Å². The lowest BCUT2D eigenvalue weighted by Crippen LogP contribution is -2.41. The third-order valence-corrected chi connectivity index (χ3v) is 5.66. The monoisotopic (exact) mass is 286 g/mol. The minimum atomic E-state index is -3.84. The quantitative estimate of drug-likeness (QED) is 0.848. The third kappa shape index (κ3) is 2.74. The van der Waals surface area contributed by atoms with Gasteiger partial charge in [-0.05, 0) is 30.4 Å². The van der Waals surface area contributed by atoms with E-state index in [1.54, 1.807) is 0 Å². The molecule has 1 heterocycles. The van der Waals surface area contributed by atoms with Crippen molar-refractivity contribution in [3.8, 4) is 0 Å². The molecule has 0 aromatic heterocycles. The molecule has 2 N–H and O–H groups in total. The smallest absolute Gasteiger partial charge is 0.248 e. The van der Waals surface area contributed by atoms with Crippen LogP contribution in [0.15, 0.2) is 23.1 Å². The summed E-state index contributed by atoms with van der Waals surface area (Å²) in [5, 5.41) is 0. The van der Waals surface area contributed by atoms with Gasteiger partial charge in [0, 0.05) is 13.1 Å². The number of halogens is 1. The summed E-state index contributed by atoms with van der Waals surface area (Å²) in [7, 11) is -3.84. The molecular formula is C13H19FN2O2S. The van der Waals surface area contributed by atoms with Crippen LogP contribution in [-0.2, 0) is 10.0 Å². The first-order valence-electron chi connectivity index (χ1n) is 6.28. The van der Waals surface area contributed by atoms with Crippen molar-refractivity contribution in [1.82, 2.24) is 4.31 Å². The zero-order chi connectivity index (χ0) is 14.3. The number of sulfonamides is 1. The van der Waals surface area contributed by atoms with E-state index in [0.717, 1.165) is 18.9 Å². The Morgan fingerprint density at radius 3 is 2.37 bits per heavy atom. The number of nitrogen functional groups attached to an aromatic ring is 1.